The molecule has 0 N–H and O–H groups in total. The molecule has 0 fully saturated rings. The Morgan fingerprint density at radius 3 is 2.81 bits per heavy atom. The van der Waals surface area contributed by atoms with Crippen molar-refractivity contribution in [3.05, 3.63) is 60.3 Å². The first-order valence-electron chi connectivity index (χ1n) is 6.75. The summed E-state index contributed by atoms with van der Waals surface area (Å²) in [6, 6.07) is 16.5. The number of para-hydroxylation sites is 2. The van der Waals surface area contributed by atoms with Gasteiger partial charge in [-0.3, -0.25) is 0 Å². The van der Waals surface area contributed by atoms with Gasteiger partial charge in [-0.2, -0.15) is 0 Å². The molecular weight excluding hydrogens is 278 g/mol. The van der Waals surface area contributed by atoms with Crippen LogP contribution in [0.15, 0.2) is 59.7 Å². The van der Waals surface area contributed by atoms with Crippen LogP contribution in [0, 0.1) is 0 Å². The summed E-state index contributed by atoms with van der Waals surface area (Å²) in [5.74, 6) is 0. The van der Waals surface area contributed by atoms with Crippen LogP contribution in [0.2, 0.25) is 0 Å². The van der Waals surface area contributed by atoms with Crippen molar-refractivity contribution in [2.45, 2.75) is 0 Å². The summed E-state index contributed by atoms with van der Waals surface area (Å²) in [6.07, 6.45) is 4.00. The Bertz CT molecular complexity index is 929. The van der Waals surface area contributed by atoms with Crippen molar-refractivity contribution in [2.75, 3.05) is 0 Å². The average molecular weight is 291 g/mol. The van der Waals surface area contributed by atoms with Crippen molar-refractivity contribution in [3.8, 4) is 0 Å². The predicted octanol–water partition coefficient (Wildman–Crippen LogP) is 4.54. The molecule has 102 valence electrons. The zero-order chi connectivity index (χ0) is 14.2. The maximum atomic E-state index is 4.55. The van der Waals surface area contributed by atoms with E-state index in [9.17, 15) is 0 Å². The van der Waals surface area contributed by atoms with Crippen LogP contribution >= 0.6 is 11.3 Å². The van der Waals surface area contributed by atoms with Crippen molar-refractivity contribution in [1.29, 1.82) is 0 Å². The Labute approximate surface area is 126 Å². The third-order valence-electron chi connectivity index (χ3n) is 3.52. The molecule has 3 nitrogen and oxygen atoms in total. The first-order chi connectivity index (χ1) is 10.3. The van der Waals surface area contributed by atoms with Crippen molar-refractivity contribution in [1.82, 2.24) is 9.55 Å². The van der Waals surface area contributed by atoms with Crippen molar-refractivity contribution < 1.29 is 0 Å². The summed E-state index contributed by atoms with van der Waals surface area (Å²) in [4.78, 5) is 9.07. The SMILES string of the molecule is Cn1cc(C=Nc2nc3ccccc3s2)c2ccccc21. The molecule has 0 amide bonds. The van der Waals surface area contributed by atoms with Crippen LogP contribution in [-0.2, 0) is 7.05 Å². The highest BCUT2D eigenvalue weighted by molar-refractivity contribution is 7.22. The molecule has 0 bridgehead atoms. The molecule has 2 aromatic heterocycles. The zero-order valence-electron chi connectivity index (χ0n) is 11.5. The van der Waals surface area contributed by atoms with Gasteiger partial charge in [-0.1, -0.05) is 41.7 Å². The van der Waals surface area contributed by atoms with Gasteiger partial charge in [0.2, 0.25) is 5.13 Å². The Hall–Kier alpha value is -2.46. The molecule has 0 aliphatic heterocycles. The van der Waals surface area contributed by atoms with Crippen LogP contribution in [-0.4, -0.2) is 15.8 Å². The fraction of sp³-hybridized carbons (Fsp3) is 0.0588. The number of rotatable bonds is 2. The number of hydrogen-bond acceptors (Lipinski definition) is 3. The van der Waals surface area contributed by atoms with E-state index in [0.29, 0.717) is 0 Å². The molecule has 0 saturated heterocycles. The highest BCUT2D eigenvalue weighted by atomic mass is 32.1. The minimum Gasteiger partial charge on any atom is -0.350 e. The number of hydrogen-bond donors (Lipinski definition) is 0. The summed E-state index contributed by atoms with van der Waals surface area (Å²) in [5, 5.41) is 2.01. The van der Waals surface area contributed by atoms with Crippen LogP contribution in [0.25, 0.3) is 21.1 Å². The molecule has 0 aliphatic carbocycles. The minimum atomic E-state index is 0.795. The lowest BCUT2D eigenvalue weighted by Gasteiger charge is -1.92. The summed E-state index contributed by atoms with van der Waals surface area (Å²) >= 11 is 1.61. The van der Waals surface area contributed by atoms with Gasteiger partial charge in [0.1, 0.15) is 0 Å². The highest BCUT2D eigenvalue weighted by Gasteiger charge is 2.04. The maximum Gasteiger partial charge on any atom is 0.210 e. The van der Waals surface area contributed by atoms with Gasteiger partial charge in [-0.15, -0.1) is 0 Å². The molecule has 2 heterocycles. The van der Waals surface area contributed by atoms with Gasteiger partial charge >= 0.3 is 0 Å². The van der Waals surface area contributed by atoms with E-state index in [4.69, 9.17) is 0 Å². The van der Waals surface area contributed by atoms with E-state index in [0.717, 1.165) is 16.2 Å². The summed E-state index contributed by atoms with van der Waals surface area (Å²) in [7, 11) is 2.05. The Morgan fingerprint density at radius 2 is 1.90 bits per heavy atom. The van der Waals surface area contributed by atoms with Gasteiger partial charge in [0, 0.05) is 35.9 Å². The van der Waals surface area contributed by atoms with E-state index < -0.39 is 0 Å². The monoisotopic (exact) mass is 291 g/mol. The molecule has 4 heteroatoms. The third-order valence-corrected chi connectivity index (χ3v) is 4.47. The van der Waals surface area contributed by atoms with Crippen molar-refractivity contribution in [3.63, 3.8) is 0 Å². The number of benzene rings is 2. The summed E-state index contributed by atoms with van der Waals surface area (Å²) in [6.45, 7) is 0. The molecule has 2 aromatic carbocycles. The van der Waals surface area contributed by atoms with E-state index in [2.05, 4.69) is 58.1 Å². The third kappa shape index (κ3) is 2.14. The second-order valence-electron chi connectivity index (χ2n) is 4.93. The van der Waals surface area contributed by atoms with Gasteiger partial charge in [0.05, 0.1) is 10.2 Å². The van der Waals surface area contributed by atoms with Crippen LogP contribution in [0.3, 0.4) is 0 Å². The lowest BCUT2D eigenvalue weighted by Crippen LogP contribution is -1.82. The Balaban J connectivity index is 1.76. The van der Waals surface area contributed by atoms with Crippen LogP contribution in [0.5, 0.6) is 0 Å². The van der Waals surface area contributed by atoms with E-state index in [1.54, 1.807) is 11.3 Å². The number of aryl methyl sites for hydroxylation is 1. The number of aromatic nitrogens is 2. The smallest absolute Gasteiger partial charge is 0.210 e. The van der Waals surface area contributed by atoms with Crippen molar-refractivity contribution in [2.24, 2.45) is 12.0 Å². The van der Waals surface area contributed by atoms with Gasteiger partial charge in [-0.05, 0) is 18.2 Å². The molecule has 0 aliphatic rings. The maximum absolute atomic E-state index is 4.55. The van der Waals surface area contributed by atoms with E-state index in [-0.39, 0.29) is 0 Å². The largest absolute Gasteiger partial charge is 0.350 e. The van der Waals surface area contributed by atoms with Gasteiger partial charge in [-0.25, -0.2) is 9.98 Å². The van der Waals surface area contributed by atoms with Crippen molar-refractivity contribution >= 4 is 43.8 Å². The molecule has 0 atom stereocenters. The first-order valence-corrected chi connectivity index (χ1v) is 7.56. The van der Waals surface area contributed by atoms with Crippen LogP contribution in [0.4, 0.5) is 5.13 Å². The lowest BCUT2D eigenvalue weighted by atomic mass is 10.2. The molecule has 0 unspecified atom stereocenters. The number of aliphatic imine (C=N–C) groups is 1. The fourth-order valence-corrected chi connectivity index (χ4v) is 3.33. The van der Waals surface area contributed by atoms with Gasteiger partial charge in [0.25, 0.3) is 0 Å². The molecule has 4 aromatic rings. The zero-order valence-corrected chi connectivity index (χ0v) is 12.3. The summed E-state index contributed by atoms with van der Waals surface area (Å²) in [5.41, 5.74) is 3.34. The second-order valence-corrected chi connectivity index (χ2v) is 5.94. The van der Waals surface area contributed by atoms with E-state index in [1.165, 1.54) is 15.6 Å². The standard InChI is InChI=1S/C17H13N3S/c1-20-11-12(13-6-2-4-8-15(13)20)10-18-17-19-14-7-3-5-9-16(14)21-17/h2-11H,1H3. The lowest BCUT2D eigenvalue weighted by molar-refractivity contribution is 0.968. The first kappa shape index (κ1) is 12.3. The normalized spacial score (nSPS) is 11.9. The molecule has 0 spiro atoms. The molecule has 0 saturated carbocycles. The van der Waals surface area contributed by atoms with Gasteiger partial charge < -0.3 is 4.57 Å². The second kappa shape index (κ2) is 4.82. The average Bonchev–Trinajstić information content (AvgIpc) is 3.07. The topological polar surface area (TPSA) is 30.2 Å². The highest BCUT2D eigenvalue weighted by Crippen LogP contribution is 2.28. The molecular formula is C17H13N3S. The van der Waals surface area contributed by atoms with Crippen LogP contribution < -0.4 is 0 Å². The molecule has 21 heavy (non-hydrogen) atoms. The number of nitrogens with zero attached hydrogens (tertiary/aromatic N) is 3. The Kier molecular flexibility index (Phi) is 2.82. The fourth-order valence-electron chi connectivity index (χ4n) is 2.52. The predicted molar refractivity (Wildman–Crippen MR) is 89.8 cm³/mol. The number of fused-ring (bicyclic) bond motifs is 2. The minimum absolute atomic E-state index is 0.795. The molecule has 4 rings (SSSR count). The van der Waals surface area contributed by atoms with E-state index >= 15 is 0 Å². The quantitative estimate of drug-likeness (QED) is 0.499. The van der Waals surface area contributed by atoms with Crippen LogP contribution in [0.1, 0.15) is 5.56 Å². The number of thiazole rings is 1. The Morgan fingerprint density at radius 1 is 1.10 bits per heavy atom. The van der Waals surface area contributed by atoms with Gasteiger partial charge in [0.15, 0.2) is 0 Å². The molecule has 0 radical (unpaired) electrons. The summed E-state index contributed by atoms with van der Waals surface area (Å²) < 4.78 is 3.29. The van der Waals surface area contributed by atoms with E-state index in [1.807, 2.05) is 24.4 Å².